The van der Waals surface area contributed by atoms with Crippen molar-refractivity contribution < 1.29 is 33.0 Å². The average Bonchev–Trinajstić information content (AvgIpc) is 3.46. The smallest absolute Gasteiger partial charge is 0.242 e. The van der Waals surface area contributed by atoms with Crippen molar-refractivity contribution in [3.05, 3.63) is 81.3 Å². The summed E-state index contributed by atoms with van der Waals surface area (Å²) >= 11 is 12.3. The van der Waals surface area contributed by atoms with Crippen LogP contribution in [0.15, 0.2) is 48.5 Å². The maximum absolute atomic E-state index is 16.0. The molecule has 2 amide bonds. The van der Waals surface area contributed by atoms with Crippen molar-refractivity contribution in [1.29, 1.82) is 0 Å². The van der Waals surface area contributed by atoms with Gasteiger partial charge in [-0.3, -0.25) is 9.59 Å². The van der Waals surface area contributed by atoms with Gasteiger partial charge in [0.2, 0.25) is 11.8 Å². The number of anilines is 2. The molecular weight excluding hydrogens is 615 g/mol. The minimum absolute atomic E-state index is 0.0274. The van der Waals surface area contributed by atoms with E-state index in [4.69, 9.17) is 37.8 Å². The largest absolute Gasteiger partial charge is 0.494 e. The first kappa shape index (κ1) is 32.0. The van der Waals surface area contributed by atoms with Crippen LogP contribution in [-0.2, 0) is 15.0 Å². The van der Waals surface area contributed by atoms with E-state index in [1.165, 1.54) is 25.3 Å². The van der Waals surface area contributed by atoms with Gasteiger partial charge in [0.1, 0.15) is 29.3 Å². The number of fused-ring (bicyclic) bond motifs is 2. The quantitative estimate of drug-likeness (QED) is 0.237. The molecule has 2 unspecified atom stereocenters. The molecule has 0 aliphatic carbocycles. The Morgan fingerprint density at radius 1 is 1.09 bits per heavy atom. The van der Waals surface area contributed by atoms with E-state index in [0.29, 0.717) is 17.9 Å². The average molecular weight is 649 g/mol. The second-order valence-electron chi connectivity index (χ2n) is 12.1. The molecule has 4 atom stereocenters. The molecule has 2 aliphatic heterocycles. The minimum atomic E-state index is -1.62. The van der Waals surface area contributed by atoms with Gasteiger partial charge in [-0.1, -0.05) is 62.2 Å². The molecule has 0 bridgehead atoms. The van der Waals surface area contributed by atoms with Gasteiger partial charge in [0.25, 0.3) is 0 Å². The van der Waals surface area contributed by atoms with Gasteiger partial charge in [0.15, 0.2) is 5.82 Å². The van der Waals surface area contributed by atoms with E-state index in [9.17, 15) is 9.59 Å². The number of methoxy groups -OCH3 is 1. The van der Waals surface area contributed by atoms with Crippen LogP contribution in [0.3, 0.4) is 0 Å². The van der Waals surface area contributed by atoms with Gasteiger partial charge in [-0.15, -0.1) is 0 Å². The molecule has 3 aromatic rings. The van der Waals surface area contributed by atoms with Gasteiger partial charge in [-0.2, -0.15) is 0 Å². The third-order valence-corrected chi connectivity index (χ3v) is 8.70. The van der Waals surface area contributed by atoms with E-state index >= 15 is 8.78 Å². The lowest BCUT2D eigenvalue weighted by Gasteiger charge is -2.37. The normalized spacial score (nSPS) is 22.6. The van der Waals surface area contributed by atoms with Gasteiger partial charge in [-0.25, -0.2) is 8.78 Å². The first-order valence-corrected chi connectivity index (χ1v) is 14.8. The van der Waals surface area contributed by atoms with E-state index < -0.39 is 46.9 Å². The zero-order valence-electron chi connectivity index (χ0n) is 24.6. The number of benzene rings is 3. The number of amides is 2. The third kappa shape index (κ3) is 5.49. The van der Waals surface area contributed by atoms with E-state index in [1.807, 2.05) is 20.8 Å². The molecule has 2 aliphatic rings. The maximum atomic E-state index is 16.0. The molecule has 1 fully saturated rings. The van der Waals surface area contributed by atoms with Crippen molar-refractivity contribution in [2.75, 3.05) is 31.0 Å². The lowest BCUT2D eigenvalue weighted by molar-refractivity contribution is -0.122. The molecule has 234 valence electrons. The Morgan fingerprint density at radius 3 is 2.50 bits per heavy atom. The number of aliphatic hydroxyl groups excluding tert-OH is 1. The highest BCUT2D eigenvalue weighted by Crippen LogP contribution is 2.58. The molecule has 12 heteroatoms. The van der Waals surface area contributed by atoms with Gasteiger partial charge in [0, 0.05) is 18.0 Å². The molecule has 1 spiro atoms. The highest BCUT2D eigenvalue weighted by Gasteiger charge is 2.66. The SMILES string of the molecule is COc1cc(OCCO)ccc1NC(=O)[C@@H]1NC(CC(C)(C)C)[C@@]2(C(=O)Nc3c2ccc(Cl)c3F)C1c1cccc(Cl)c1F. The Labute approximate surface area is 264 Å². The zero-order chi connectivity index (χ0) is 32.0. The standard InChI is InChI=1S/C32H33Cl2F2N3O5/c1-31(2,3)15-23-32(18-9-10-20(34)26(36)27(18)39-30(32)42)24(17-6-5-7-19(33)25(17)35)28(38-23)29(41)37-21-11-8-16(44-13-12-40)14-22(21)43-4/h5-11,14,23-24,28,38,40H,12-13,15H2,1-4H3,(H,37,41)(H,39,42)/t23?,24?,28-,32-/m1/s1. The number of rotatable bonds is 8. The fourth-order valence-corrected chi connectivity index (χ4v) is 6.76. The van der Waals surface area contributed by atoms with E-state index in [2.05, 4.69) is 16.0 Å². The lowest BCUT2D eigenvalue weighted by atomic mass is 9.62. The first-order chi connectivity index (χ1) is 20.8. The summed E-state index contributed by atoms with van der Waals surface area (Å²) in [5.41, 5.74) is -1.49. The highest BCUT2D eigenvalue weighted by molar-refractivity contribution is 6.31. The summed E-state index contributed by atoms with van der Waals surface area (Å²) in [5.74, 6) is -3.23. The molecule has 1 saturated heterocycles. The van der Waals surface area contributed by atoms with Gasteiger partial charge in [-0.05, 0) is 47.2 Å². The van der Waals surface area contributed by atoms with Crippen LogP contribution in [0.2, 0.25) is 10.0 Å². The summed E-state index contributed by atoms with van der Waals surface area (Å²) in [5, 5.41) is 17.6. The zero-order valence-corrected chi connectivity index (χ0v) is 26.1. The molecule has 3 aromatic carbocycles. The highest BCUT2D eigenvalue weighted by atomic mass is 35.5. The van der Waals surface area contributed by atoms with Crippen molar-refractivity contribution >= 4 is 46.4 Å². The Hall–Kier alpha value is -3.44. The number of ether oxygens (including phenoxy) is 2. The fourth-order valence-electron chi connectivity index (χ4n) is 6.42. The second kappa shape index (κ2) is 12.2. The van der Waals surface area contributed by atoms with E-state index in [-0.39, 0.29) is 51.2 Å². The Morgan fingerprint density at radius 2 is 1.82 bits per heavy atom. The van der Waals surface area contributed by atoms with Crippen LogP contribution in [-0.4, -0.2) is 49.3 Å². The molecule has 0 radical (unpaired) electrons. The Kier molecular flexibility index (Phi) is 8.83. The van der Waals surface area contributed by atoms with Crippen LogP contribution in [0.1, 0.15) is 44.2 Å². The topological polar surface area (TPSA) is 109 Å². The number of halogens is 4. The van der Waals surface area contributed by atoms with E-state index in [1.54, 1.807) is 30.3 Å². The predicted octanol–water partition coefficient (Wildman–Crippen LogP) is 6.04. The molecule has 0 aromatic heterocycles. The number of hydrogen-bond donors (Lipinski definition) is 4. The van der Waals surface area contributed by atoms with Crippen molar-refractivity contribution in [1.82, 2.24) is 5.32 Å². The molecular formula is C32H33Cl2F2N3O5. The Balaban J connectivity index is 1.68. The van der Waals surface area contributed by atoms with Crippen molar-refractivity contribution in [2.24, 2.45) is 5.41 Å². The fraction of sp³-hybridized carbons (Fsp3) is 0.375. The molecule has 4 N–H and O–H groups in total. The first-order valence-electron chi connectivity index (χ1n) is 14.1. The summed E-state index contributed by atoms with van der Waals surface area (Å²) in [6, 6.07) is 10.1. The van der Waals surface area contributed by atoms with E-state index in [0.717, 1.165) is 0 Å². The number of carbonyl (C=O) groups is 2. The number of nitrogens with one attached hydrogen (secondary N) is 3. The number of carbonyl (C=O) groups excluding carboxylic acids is 2. The van der Waals surface area contributed by atoms with Crippen LogP contribution in [0, 0.1) is 17.0 Å². The summed E-state index contributed by atoms with van der Waals surface area (Å²) < 4.78 is 42.3. The van der Waals surface area contributed by atoms with Crippen LogP contribution < -0.4 is 25.4 Å². The number of aliphatic hydroxyl groups is 1. The molecule has 0 saturated carbocycles. The van der Waals surface area contributed by atoms with Crippen molar-refractivity contribution in [3.8, 4) is 11.5 Å². The van der Waals surface area contributed by atoms with Crippen LogP contribution in [0.25, 0.3) is 0 Å². The van der Waals surface area contributed by atoms with Gasteiger partial charge in [0.05, 0.1) is 41.2 Å². The van der Waals surface area contributed by atoms with Crippen LogP contribution >= 0.6 is 23.2 Å². The Bertz CT molecular complexity index is 1620. The van der Waals surface area contributed by atoms with Crippen molar-refractivity contribution in [2.45, 2.75) is 50.6 Å². The summed E-state index contributed by atoms with van der Waals surface area (Å²) in [7, 11) is 1.42. The molecule has 44 heavy (non-hydrogen) atoms. The molecule has 8 nitrogen and oxygen atoms in total. The maximum Gasteiger partial charge on any atom is 0.242 e. The van der Waals surface area contributed by atoms with Gasteiger partial charge < -0.3 is 30.5 Å². The summed E-state index contributed by atoms with van der Waals surface area (Å²) in [4.78, 5) is 28.5. The third-order valence-electron chi connectivity index (χ3n) is 8.12. The summed E-state index contributed by atoms with van der Waals surface area (Å²) in [6.07, 6.45) is 0.368. The minimum Gasteiger partial charge on any atom is -0.494 e. The summed E-state index contributed by atoms with van der Waals surface area (Å²) in [6.45, 7) is 5.82. The lowest BCUT2D eigenvalue weighted by Crippen LogP contribution is -2.49. The number of hydrogen-bond acceptors (Lipinski definition) is 6. The predicted molar refractivity (Wildman–Crippen MR) is 165 cm³/mol. The van der Waals surface area contributed by atoms with Gasteiger partial charge >= 0.3 is 0 Å². The van der Waals surface area contributed by atoms with Crippen LogP contribution in [0.5, 0.6) is 11.5 Å². The monoisotopic (exact) mass is 647 g/mol. The van der Waals surface area contributed by atoms with Crippen molar-refractivity contribution in [3.63, 3.8) is 0 Å². The second-order valence-corrected chi connectivity index (χ2v) is 12.9. The molecule has 5 rings (SSSR count). The molecule has 2 heterocycles. The van der Waals surface area contributed by atoms with Crippen LogP contribution in [0.4, 0.5) is 20.2 Å².